The number of H-pyrrole nitrogens is 2. The maximum atomic E-state index is 5.57. The molecule has 0 saturated heterocycles. The molecule has 8 nitrogen and oxygen atoms in total. The molecule has 4 aromatic carbocycles. The molecule has 0 fully saturated rings. The average Bonchev–Trinajstić information content (AvgIpc) is 3.85. The second kappa shape index (κ2) is 11.9. The summed E-state index contributed by atoms with van der Waals surface area (Å²) in [5.41, 5.74) is 6.55. The van der Waals surface area contributed by atoms with Crippen LogP contribution < -0.4 is 4.50 Å². The summed E-state index contributed by atoms with van der Waals surface area (Å²) in [5.74, 6) is 2.41. The van der Waals surface area contributed by atoms with Gasteiger partial charge in [0.05, 0.1) is 0 Å². The van der Waals surface area contributed by atoms with Gasteiger partial charge in [-0.15, -0.1) is 0 Å². The second-order valence-electron chi connectivity index (χ2n) is 18.7. The molecule has 294 valence electrons. The van der Waals surface area contributed by atoms with Gasteiger partial charge in [0.15, 0.2) is 0 Å². The Morgan fingerprint density at radius 2 is 0.667 bits per heavy atom. The normalized spacial score (nSPS) is 14.4. The third-order valence-electron chi connectivity index (χ3n) is 11.9. The minimum absolute atomic E-state index is 0.136. The van der Waals surface area contributed by atoms with Crippen LogP contribution in [0.15, 0.2) is 91.0 Å². The zero-order valence-electron chi connectivity index (χ0n) is 35.2. The van der Waals surface area contributed by atoms with Crippen molar-refractivity contribution < 1.29 is 11.6 Å². The van der Waals surface area contributed by atoms with Gasteiger partial charge in [0.1, 0.15) is 0 Å². The minimum atomic E-state index is -3.29. The van der Waals surface area contributed by atoms with Gasteiger partial charge in [0.25, 0.3) is 0 Å². The Hall–Kier alpha value is -5.25. The van der Waals surface area contributed by atoms with Crippen molar-refractivity contribution in [2.24, 2.45) is 0 Å². The van der Waals surface area contributed by atoms with Crippen molar-refractivity contribution in [1.82, 2.24) is 39.9 Å². The number of hydrogen-bond donors (Lipinski definition) is 2. The Bertz CT molecular complexity index is 2910. The molecule has 57 heavy (non-hydrogen) atoms. The van der Waals surface area contributed by atoms with E-state index in [2.05, 4.69) is 148 Å². The van der Waals surface area contributed by atoms with Gasteiger partial charge in [-0.25, -0.2) is 0 Å². The van der Waals surface area contributed by atoms with Gasteiger partial charge < -0.3 is 0 Å². The van der Waals surface area contributed by atoms with Crippen LogP contribution in [0.25, 0.3) is 89.7 Å². The van der Waals surface area contributed by atoms with E-state index in [-0.39, 0.29) is 17.4 Å². The van der Waals surface area contributed by atoms with E-state index in [1.165, 1.54) is 4.50 Å². The molecule has 0 spiro atoms. The van der Waals surface area contributed by atoms with Crippen molar-refractivity contribution in [3.8, 4) is 45.6 Å². The van der Waals surface area contributed by atoms with E-state index in [1.807, 2.05) is 36.4 Å². The fraction of sp³-hybridized carbons (Fsp3) is 0.333. The van der Waals surface area contributed by atoms with Crippen molar-refractivity contribution in [2.75, 3.05) is 0 Å². The van der Waals surface area contributed by atoms with Crippen LogP contribution in [0.1, 0.15) is 83.1 Å². The first-order chi connectivity index (χ1) is 26.8. The van der Waals surface area contributed by atoms with Crippen LogP contribution in [0.5, 0.6) is 0 Å². The van der Waals surface area contributed by atoms with Crippen LogP contribution in [0.2, 0.25) is 17.4 Å². The molecule has 2 aliphatic rings. The van der Waals surface area contributed by atoms with Gasteiger partial charge in [-0.2, -0.15) is 0 Å². The van der Waals surface area contributed by atoms with Crippen LogP contribution in [0.3, 0.4) is 0 Å². The summed E-state index contributed by atoms with van der Waals surface area (Å²) in [6.45, 7) is 29.9. The molecule has 0 radical (unpaired) electrons. The fourth-order valence-corrected chi connectivity index (χ4v) is 30.1. The third kappa shape index (κ3) is 4.61. The van der Waals surface area contributed by atoms with Crippen molar-refractivity contribution in [2.45, 2.75) is 100 Å². The molecular formula is C48H53CoN8. The fourth-order valence-electron chi connectivity index (χ4n) is 11.5. The molecule has 9 heteroatoms. The zero-order valence-corrected chi connectivity index (χ0v) is 36.2. The molecule has 9 rings (SSSR count). The van der Waals surface area contributed by atoms with E-state index in [9.17, 15) is 0 Å². The van der Waals surface area contributed by atoms with Crippen molar-refractivity contribution in [3.05, 3.63) is 91.0 Å². The molecule has 5 heterocycles. The molecule has 0 unspecified atom stereocenters. The third-order valence-corrected chi connectivity index (χ3v) is 25.9. The summed E-state index contributed by atoms with van der Waals surface area (Å²) in [4.78, 5) is 39.1. The quantitative estimate of drug-likeness (QED) is 0.171. The summed E-state index contributed by atoms with van der Waals surface area (Å²) in [5, 5.41) is 4.02. The van der Waals surface area contributed by atoms with Crippen molar-refractivity contribution in [3.63, 3.8) is 0 Å². The standard InChI is InChI=1S/C32H17N8.4C4H9.Co/c1-2-10-18-17(9-1)25-33-26(18)38-28-21-13-5-6-14-22(21)30(35-28)40-32-24-16-8-7-15-23(24)31(36-32)39-29-20-12-4-3-11-19(20)27(34-29)37-25;4*1-4(2)3;/h1-15H,(H2,33,34,35,36,37,38,39,40);4*1-3H3;. The van der Waals surface area contributed by atoms with Crippen LogP contribution >= 0.6 is 0 Å². The van der Waals surface area contributed by atoms with Crippen LogP contribution in [-0.4, -0.2) is 39.9 Å². The van der Waals surface area contributed by atoms with Gasteiger partial charge in [0, 0.05) is 0 Å². The second-order valence-corrected chi connectivity index (χ2v) is 28.1. The first kappa shape index (κ1) is 37.3. The molecular weight excluding hydrogens is 748 g/mol. The number of nitrogens with zero attached hydrogens (tertiary/aromatic N) is 6. The average molecular weight is 801 g/mol. The molecule has 0 amide bonds. The number of hydrogen-bond acceptors (Lipinski definition) is 6. The van der Waals surface area contributed by atoms with Gasteiger partial charge in [0.2, 0.25) is 0 Å². The van der Waals surface area contributed by atoms with Crippen molar-refractivity contribution >= 4 is 48.6 Å². The summed E-state index contributed by atoms with van der Waals surface area (Å²) < 4.78 is 0.825. The molecule has 3 aromatic heterocycles. The Morgan fingerprint density at radius 3 is 1.05 bits per heavy atom. The predicted molar refractivity (Wildman–Crippen MR) is 235 cm³/mol. The maximum absolute atomic E-state index is 5.57. The molecule has 2 N–H and O–H groups in total. The molecule has 8 bridgehead atoms. The van der Waals surface area contributed by atoms with Crippen LogP contribution in [0.4, 0.5) is 0 Å². The van der Waals surface area contributed by atoms with E-state index in [4.69, 9.17) is 29.9 Å². The molecule has 7 aromatic rings. The Labute approximate surface area is 335 Å². The summed E-state index contributed by atoms with van der Waals surface area (Å²) in [6, 6.07) is 31.5. The van der Waals surface area contributed by atoms with E-state index in [0.717, 1.165) is 49.4 Å². The SMILES string of the molecule is C[C](C)(C)[Co]([c]1cccc2c3nc4nc(nc5[nH]c(nc6nc(nc([nH]3)c12)-c1ccccc1-6)c1ccccc51)-c1ccccc1-4)([C](C)(C)C)([C](C)(C)C)[C](C)(C)C. The van der Waals surface area contributed by atoms with Gasteiger partial charge in [-0.1, -0.05) is 6.07 Å². The number of aromatic amines is 2. The molecule has 0 aliphatic carbocycles. The zero-order chi connectivity index (χ0) is 40.5. The number of rotatable bonds is 1. The summed E-state index contributed by atoms with van der Waals surface area (Å²) in [6.07, 6.45) is 0. The number of fused-ring (bicyclic) bond motifs is 20. The van der Waals surface area contributed by atoms with E-state index in [0.29, 0.717) is 40.2 Å². The Kier molecular flexibility index (Phi) is 7.79. The number of benzene rings is 4. The molecule has 0 atom stereocenters. The predicted octanol–water partition coefficient (Wildman–Crippen LogP) is 13.1. The van der Waals surface area contributed by atoms with E-state index >= 15 is 0 Å². The van der Waals surface area contributed by atoms with E-state index < -0.39 is 11.6 Å². The molecule has 2 aliphatic heterocycles. The van der Waals surface area contributed by atoms with Crippen molar-refractivity contribution in [1.29, 1.82) is 0 Å². The van der Waals surface area contributed by atoms with Gasteiger partial charge >= 0.3 is 331 Å². The van der Waals surface area contributed by atoms with Crippen LogP contribution in [-0.2, 0) is 11.6 Å². The van der Waals surface area contributed by atoms with E-state index in [1.54, 1.807) is 0 Å². The molecule has 0 saturated carbocycles. The number of aromatic nitrogens is 8. The topological polar surface area (TPSA) is 109 Å². The number of nitrogens with one attached hydrogen (secondary N) is 2. The Balaban J connectivity index is 1.57. The summed E-state index contributed by atoms with van der Waals surface area (Å²) >= 11 is -3.29. The first-order valence-corrected chi connectivity index (χ1v) is 22.3. The first-order valence-electron chi connectivity index (χ1n) is 19.7. The van der Waals surface area contributed by atoms with Gasteiger partial charge in [-0.05, 0) is 0 Å². The monoisotopic (exact) mass is 800 g/mol. The summed E-state index contributed by atoms with van der Waals surface area (Å²) in [7, 11) is 0. The van der Waals surface area contributed by atoms with Crippen LogP contribution in [0, 0.1) is 0 Å². The Morgan fingerprint density at radius 1 is 0.351 bits per heavy atom. The van der Waals surface area contributed by atoms with Gasteiger partial charge in [-0.3, -0.25) is 0 Å².